The van der Waals surface area contributed by atoms with Crippen molar-refractivity contribution in [2.75, 3.05) is 5.32 Å². The maximum absolute atomic E-state index is 11.2. The molecule has 15 heavy (non-hydrogen) atoms. The molecule has 0 aromatic heterocycles. The van der Waals surface area contributed by atoms with Crippen LogP contribution in [-0.4, -0.2) is 16.9 Å². The van der Waals surface area contributed by atoms with Crippen molar-refractivity contribution in [3.63, 3.8) is 0 Å². The minimum absolute atomic E-state index is 0.0718. The van der Waals surface area contributed by atoms with Crippen molar-refractivity contribution in [1.82, 2.24) is 0 Å². The van der Waals surface area contributed by atoms with E-state index in [2.05, 4.69) is 5.32 Å². The molecular formula is C9H11N3O3. The van der Waals surface area contributed by atoms with Crippen LogP contribution >= 0.6 is 0 Å². The Morgan fingerprint density at radius 2 is 2.27 bits per heavy atom. The van der Waals surface area contributed by atoms with Gasteiger partial charge in [0.15, 0.2) is 0 Å². The van der Waals surface area contributed by atoms with E-state index < -0.39 is 11.0 Å². The molecule has 0 radical (unpaired) electrons. The molecule has 1 rings (SSSR count). The Kier molecular flexibility index (Phi) is 3.35. The molecule has 0 heterocycles. The number of hydrogen-bond acceptors (Lipinski definition) is 4. The molecule has 0 saturated carbocycles. The van der Waals surface area contributed by atoms with Crippen LogP contribution in [0.5, 0.6) is 0 Å². The molecule has 1 aromatic rings. The van der Waals surface area contributed by atoms with Crippen LogP contribution in [0.2, 0.25) is 0 Å². The number of nitrogens with zero attached hydrogens (tertiary/aromatic N) is 1. The monoisotopic (exact) mass is 209 g/mol. The first-order valence-corrected chi connectivity index (χ1v) is 4.31. The van der Waals surface area contributed by atoms with Crippen LogP contribution in [0.3, 0.4) is 0 Å². The second-order valence-electron chi connectivity index (χ2n) is 3.09. The molecule has 1 unspecified atom stereocenters. The predicted octanol–water partition coefficient (Wildman–Crippen LogP) is 0.880. The van der Waals surface area contributed by atoms with Gasteiger partial charge in [-0.25, -0.2) is 0 Å². The first kappa shape index (κ1) is 11.1. The fraction of sp³-hybridized carbons (Fsp3) is 0.222. The van der Waals surface area contributed by atoms with Gasteiger partial charge in [0.1, 0.15) is 0 Å². The molecule has 0 aliphatic heterocycles. The van der Waals surface area contributed by atoms with Crippen LogP contribution in [0, 0.1) is 10.1 Å². The van der Waals surface area contributed by atoms with Crippen molar-refractivity contribution in [3.05, 3.63) is 34.4 Å². The maximum Gasteiger partial charge on any atom is 0.271 e. The number of anilines is 1. The molecule has 1 amide bonds. The lowest BCUT2D eigenvalue weighted by atomic mass is 10.2. The number of benzene rings is 1. The molecule has 80 valence electrons. The van der Waals surface area contributed by atoms with Crippen LogP contribution in [0.4, 0.5) is 11.4 Å². The third-order valence-electron chi connectivity index (χ3n) is 1.74. The summed E-state index contributed by atoms with van der Waals surface area (Å²) in [5.74, 6) is -0.379. The minimum atomic E-state index is -0.649. The lowest BCUT2D eigenvalue weighted by Gasteiger charge is -2.06. The third kappa shape index (κ3) is 3.03. The van der Waals surface area contributed by atoms with Crippen molar-refractivity contribution in [2.24, 2.45) is 5.73 Å². The number of rotatable bonds is 3. The molecule has 0 aliphatic rings. The Morgan fingerprint density at radius 3 is 2.80 bits per heavy atom. The Balaban J connectivity index is 2.83. The maximum atomic E-state index is 11.2. The van der Waals surface area contributed by atoms with Gasteiger partial charge in [-0.2, -0.15) is 0 Å². The van der Waals surface area contributed by atoms with Gasteiger partial charge in [-0.3, -0.25) is 14.9 Å². The van der Waals surface area contributed by atoms with E-state index in [1.165, 1.54) is 25.1 Å². The van der Waals surface area contributed by atoms with Gasteiger partial charge in [0, 0.05) is 17.8 Å². The highest BCUT2D eigenvalue weighted by molar-refractivity contribution is 5.94. The Labute approximate surface area is 86.2 Å². The zero-order chi connectivity index (χ0) is 11.4. The number of nitrogens with one attached hydrogen (secondary N) is 1. The summed E-state index contributed by atoms with van der Waals surface area (Å²) in [5, 5.41) is 12.9. The number of non-ortho nitro benzene ring substituents is 1. The number of carbonyl (C=O) groups is 1. The molecule has 0 fully saturated rings. The summed E-state index contributed by atoms with van der Waals surface area (Å²) < 4.78 is 0. The SMILES string of the molecule is CC(N)C(=O)Nc1cccc([N+](=O)[O-])c1. The van der Waals surface area contributed by atoms with Gasteiger partial charge in [-0.1, -0.05) is 6.07 Å². The zero-order valence-corrected chi connectivity index (χ0v) is 8.14. The van der Waals surface area contributed by atoms with E-state index in [0.717, 1.165) is 0 Å². The van der Waals surface area contributed by atoms with Gasteiger partial charge >= 0.3 is 0 Å². The summed E-state index contributed by atoms with van der Waals surface area (Å²) in [7, 11) is 0. The Morgan fingerprint density at radius 1 is 1.60 bits per heavy atom. The van der Waals surface area contributed by atoms with Gasteiger partial charge in [0.2, 0.25) is 5.91 Å². The summed E-state index contributed by atoms with van der Waals surface area (Å²) in [6, 6.07) is 5.04. The Hall–Kier alpha value is -1.95. The molecule has 0 saturated heterocycles. The molecule has 0 spiro atoms. The average Bonchev–Trinajstić information content (AvgIpc) is 2.18. The summed E-state index contributed by atoms with van der Waals surface area (Å²) >= 11 is 0. The standard InChI is InChI=1S/C9H11N3O3/c1-6(10)9(13)11-7-3-2-4-8(5-7)12(14)15/h2-6H,10H2,1H3,(H,11,13). The van der Waals surface area contributed by atoms with Crippen LogP contribution in [0.1, 0.15) is 6.92 Å². The lowest BCUT2D eigenvalue weighted by molar-refractivity contribution is -0.384. The predicted molar refractivity (Wildman–Crippen MR) is 55.4 cm³/mol. The number of carbonyl (C=O) groups excluding carboxylic acids is 1. The minimum Gasteiger partial charge on any atom is -0.324 e. The van der Waals surface area contributed by atoms with Crippen molar-refractivity contribution in [3.8, 4) is 0 Å². The van der Waals surface area contributed by atoms with Gasteiger partial charge in [-0.05, 0) is 13.0 Å². The van der Waals surface area contributed by atoms with Gasteiger partial charge in [0.05, 0.1) is 11.0 Å². The molecule has 1 atom stereocenters. The highest BCUT2D eigenvalue weighted by Gasteiger charge is 2.10. The fourth-order valence-electron chi connectivity index (χ4n) is 0.953. The summed E-state index contributed by atoms with van der Waals surface area (Å²) in [6.07, 6.45) is 0. The lowest BCUT2D eigenvalue weighted by Crippen LogP contribution is -2.32. The quantitative estimate of drug-likeness (QED) is 0.570. The summed E-state index contributed by atoms with van der Waals surface area (Å²) in [5.41, 5.74) is 5.63. The fourth-order valence-corrected chi connectivity index (χ4v) is 0.953. The van der Waals surface area contributed by atoms with Gasteiger partial charge < -0.3 is 11.1 Å². The number of amides is 1. The molecule has 6 nitrogen and oxygen atoms in total. The normalized spacial score (nSPS) is 11.9. The van der Waals surface area contributed by atoms with E-state index >= 15 is 0 Å². The van der Waals surface area contributed by atoms with E-state index in [-0.39, 0.29) is 11.6 Å². The number of nitro benzene ring substituents is 1. The van der Waals surface area contributed by atoms with Crippen molar-refractivity contribution in [2.45, 2.75) is 13.0 Å². The van der Waals surface area contributed by atoms with Crippen LogP contribution in [0.25, 0.3) is 0 Å². The molecular weight excluding hydrogens is 198 g/mol. The highest BCUT2D eigenvalue weighted by Crippen LogP contribution is 2.16. The van der Waals surface area contributed by atoms with Crippen LogP contribution in [0.15, 0.2) is 24.3 Å². The topological polar surface area (TPSA) is 98.3 Å². The first-order chi connectivity index (χ1) is 7.00. The zero-order valence-electron chi connectivity index (χ0n) is 8.14. The van der Waals surface area contributed by atoms with Gasteiger partial charge in [-0.15, -0.1) is 0 Å². The third-order valence-corrected chi connectivity index (χ3v) is 1.74. The molecule has 3 N–H and O–H groups in total. The van der Waals surface area contributed by atoms with Crippen LogP contribution < -0.4 is 11.1 Å². The van der Waals surface area contributed by atoms with E-state index in [4.69, 9.17) is 5.73 Å². The average molecular weight is 209 g/mol. The first-order valence-electron chi connectivity index (χ1n) is 4.31. The molecule has 6 heteroatoms. The second-order valence-corrected chi connectivity index (χ2v) is 3.09. The van der Waals surface area contributed by atoms with E-state index in [9.17, 15) is 14.9 Å². The van der Waals surface area contributed by atoms with Crippen molar-refractivity contribution in [1.29, 1.82) is 0 Å². The van der Waals surface area contributed by atoms with Crippen molar-refractivity contribution >= 4 is 17.3 Å². The smallest absolute Gasteiger partial charge is 0.271 e. The second kappa shape index (κ2) is 4.52. The van der Waals surface area contributed by atoms with Crippen LogP contribution in [-0.2, 0) is 4.79 Å². The molecule has 1 aromatic carbocycles. The largest absolute Gasteiger partial charge is 0.324 e. The molecule has 0 aliphatic carbocycles. The van der Waals surface area contributed by atoms with E-state index in [1.807, 2.05) is 0 Å². The Bertz CT molecular complexity index is 390. The van der Waals surface area contributed by atoms with E-state index in [0.29, 0.717) is 5.69 Å². The number of hydrogen-bond donors (Lipinski definition) is 2. The van der Waals surface area contributed by atoms with Crippen molar-refractivity contribution < 1.29 is 9.72 Å². The summed E-state index contributed by atoms with van der Waals surface area (Å²) in [4.78, 5) is 21.1. The molecule has 0 bridgehead atoms. The van der Waals surface area contributed by atoms with E-state index in [1.54, 1.807) is 6.07 Å². The van der Waals surface area contributed by atoms with Gasteiger partial charge in [0.25, 0.3) is 5.69 Å². The highest BCUT2D eigenvalue weighted by atomic mass is 16.6. The number of nitrogens with two attached hydrogens (primary N) is 1. The summed E-state index contributed by atoms with van der Waals surface area (Å²) in [6.45, 7) is 1.53. The number of nitro groups is 1.